The van der Waals surface area contributed by atoms with Crippen molar-refractivity contribution in [1.29, 1.82) is 0 Å². The molecule has 0 spiro atoms. The average molecular weight is 273 g/mol. The summed E-state index contributed by atoms with van der Waals surface area (Å²) in [7, 11) is 1.94. The van der Waals surface area contributed by atoms with E-state index in [9.17, 15) is 0 Å². The Morgan fingerprint density at radius 3 is 2.75 bits per heavy atom. The maximum absolute atomic E-state index is 4.68. The molecule has 0 aliphatic heterocycles. The molecule has 0 bridgehead atoms. The van der Waals surface area contributed by atoms with Crippen molar-refractivity contribution in [1.82, 2.24) is 24.9 Å². The van der Waals surface area contributed by atoms with Crippen LogP contribution >= 0.6 is 0 Å². The van der Waals surface area contributed by atoms with Crippen LogP contribution in [-0.4, -0.2) is 19.6 Å². The van der Waals surface area contributed by atoms with E-state index >= 15 is 0 Å². The van der Waals surface area contributed by atoms with E-state index in [4.69, 9.17) is 0 Å². The van der Waals surface area contributed by atoms with Gasteiger partial charge in [-0.05, 0) is 19.8 Å². The topological polar surface area (TPSA) is 47.7 Å². The third-order valence-electron chi connectivity index (χ3n) is 4.12. The number of aromatic nitrogens is 4. The molecule has 1 fully saturated rings. The molecule has 5 nitrogen and oxygen atoms in total. The molecule has 2 aromatic rings. The lowest BCUT2D eigenvalue weighted by molar-refractivity contribution is 0.464. The molecule has 1 N–H and O–H groups in total. The predicted molar refractivity (Wildman–Crippen MR) is 78.2 cm³/mol. The summed E-state index contributed by atoms with van der Waals surface area (Å²) >= 11 is 0. The quantitative estimate of drug-likeness (QED) is 0.909. The predicted octanol–water partition coefficient (Wildman–Crippen LogP) is 2.33. The Balaban J connectivity index is 1.57. The molecule has 0 atom stereocenters. The van der Waals surface area contributed by atoms with Crippen molar-refractivity contribution in [2.24, 2.45) is 7.05 Å². The van der Waals surface area contributed by atoms with E-state index in [1.54, 1.807) is 0 Å². The van der Waals surface area contributed by atoms with Gasteiger partial charge in [-0.25, -0.2) is 0 Å². The lowest BCUT2D eigenvalue weighted by Crippen LogP contribution is -2.12. The van der Waals surface area contributed by atoms with Gasteiger partial charge in [0.25, 0.3) is 0 Å². The Morgan fingerprint density at radius 1 is 1.25 bits per heavy atom. The second-order valence-corrected chi connectivity index (χ2v) is 5.78. The molecule has 108 valence electrons. The monoisotopic (exact) mass is 273 g/mol. The fourth-order valence-corrected chi connectivity index (χ4v) is 2.95. The van der Waals surface area contributed by atoms with E-state index in [1.165, 1.54) is 36.8 Å². The maximum Gasteiger partial charge on any atom is 0.0638 e. The Kier molecular flexibility index (Phi) is 3.87. The third-order valence-corrected chi connectivity index (χ3v) is 4.12. The summed E-state index contributed by atoms with van der Waals surface area (Å²) in [6.45, 7) is 3.82. The van der Waals surface area contributed by atoms with Crippen LogP contribution in [-0.2, 0) is 20.1 Å². The number of rotatable bonds is 5. The summed E-state index contributed by atoms with van der Waals surface area (Å²) in [6, 6.07) is 0.626. The molecule has 1 aliphatic rings. The number of nitrogens with zero attached hydrogens (tertiary/aromatic N) is 4. The first-order valence-corrected chi connectivity index (χ1v) is 7.45. The highest BCUT2D eigenvalue weighted by molar-refractivity contribution is 5.16. The van der Waals surface area contributed by atoms with Gasteiger partial charge in [-0.1, -0.05) is 12.8 Å². The Morgan fingerprint density at radius 2 is 2.05 bits per heavy atom. The molecule has 0 aromatic carbocycles. The summed E-state index contributed by atoms with van der Waals surface area (Å²) in [5.74, 6) is 0. The Hall–Kier alpha value is -1.62. The molecular weight excluding hydrogens is 250 g/mol. The van der Waals surface area contributed by atoms with Crippen LogP contribution in [0.1, 0.15) is 48.5 Å². The summed E-state index contributed by atoms with van der Waals surface area (Å²) in [5.41, 5.74) is 3.67. The van der Waals surface area contributed by atoms with Crippen LogP contribution in [0, 0.1) is 6.92 Å². The minimum atomic E-state index is 0.626. The molecule has 0 amide bonds. The van der Waals surface area contributed by atoms with Gasteiger partial charge < -0.3 is 5.32 Å². The highest BCUT2D eigenvalue weighted by atomic mass is 15.3. The lowest BCUT2D eigenvalue weighted by Gasteiger charge is -2.08. The molecule has 0 saturated heterocycles. The highest BCUT2D eigenvalue weighted by Gasteiger charge is 2.18. The smallest absolute Gasteiger partial charge is 0.0638 e. The van der Waals surface area contributed by atoms with Crippen molar-refractivity contribution in [2.45, 2.75) is 51.7 Å². The van der Waals surface area contributed by atoms with Crippen LogP contribution in [0.4, 0.5) is 0 Å². The SMILES string of the molecule is Cc1nn(C2CCCC2)cc1CNCc1cnn(C)c1. The van der Waals surface area contributed by atoms with Gasteiger partial charge in [-0.3, -0.25) is 9.36 Å². The first-order chi connectivity index (χ1) is 9.72. The standard InChI is InChI=1S/C15H23N5/c1-12-14(9-16-7-13-8-17-19(2)10-13)11-20(18-12)15-5-3-4-6-15/h8,10-11,15-16H,3-7,9H2,1-2H3. The first-order valence-electron chi connectivity index (χ1n) is 7.45. The Bertz CT molecular complexity index is 563. The van der Waals surface area contributed by atoms with Crippen LogP contribution in [0.25, 0.3) is 0 Å². The van der Waals surface area contributed by atoms with E-state index in [0.717, 1.165) is 18.8 Å². The van der Waals surface area contributed by atoms with Crippen molar-refractivity contribution in [3.63, 3.8) is 0 Å². The molecule has 0 radical (unpaired) electrons. The fourth-order valence-electron chi connectivity index (χ4n) is 2.95. The van der Waals surface area contributed by atoms with Gasteiger partial charge in [0, 0.05) is 43.7 Å². The van der Waals surface area contributed by atoms with Gasteiger partial charge in [0.05, 0.1) is 17.9 Å². The van der Waals surface area contributed by atoms with Gasteiger partial charge in [0.2, 0.25) is 0 Å². The van der Waals surface area contributed by atoms with Crippen LogP contribution < -0.4 is 5.32 Å². The van der Waals surface area contributed by atoms with Gasteiger partial charge in [-0.15, -0.1) is 0 Å². The van der Waals surface area contributed by atoms with Crippen molar-refractivity contribution < 1.29 is 0 Å². The molecule has 1 saturated carbocycles. The normalized spacial score (nSPS) is 16.1. The number of nitrogens with one attached hydrogen (secondary N) is 1. The third kappa shape index (κ3) is 2.93. The maximum atomic E-state index is 4.68. The van der Waals surface area contributed by atoms with E-state index in [-0.39, 0.29) is 0 Å². The summed E-state index contributed by atoms with van der Waals surface area (Å²) in [4.78, 5) is 0. The van der Waals surface area contributed by atoms with Crippen LogP contribution in [0.2, 0.25) is 0 Å². The minimum absolute atomic E-state index is 0.626. The molecule has 0 unspecified atom stereocenters. The zero-order valence-electron chi connectivity index (χ0n) is 12.3. The summed E-state index contributed by atoms with van der Waals surface area (Å²) in [6.07, 6.45) is 11.4. The van der Waals surface area contributed by atoms with Gasteiger partial charge in [0.1, 0.15) is 0 Å². The summed E-state index contributed by atoms with van der Waals surface area (Å²) < 4.78 is 4.02. The van der Waals surface area contributed by atoms with Gasteiger partial charge in [0.15, 0.2) is 0 Å². The van der Waals surface area contributed by atoms with Gasteiger partial charge in [-0.2, -0.15) is 10.2 Å². The van der Waals surface area contributed by atoms with Crippen molar-refractivity contribution in [2.75, 3.05) is 0 Å². The molecule has 1 aliphatic carbocycles. The van der Waals surface area contributed by atoms with Gasteiger partial charge >= 0.3 is 0 Å². The number of aryl methyl sites for hydroxylation is 2. The largest absolute Gasteiger partial charge is 0.308 e. The zero-order valence-corrected chi connectivity index (χ0v) is 12.3. The molecule has 20 heavy (non-hydrogen) atoms. The van der Waals surface area contributed by atoms with Crippen LogP contribution in [0.5, 0.6) is 0 Å². The molecule has 2 aromatic heterocycles. The van der Waals surface area contributed by atoms with E-state index in [0.29, 0.717) is 6.04 Å². The van der Waals surface area contributed by atoms with Crippen LogP contribution in [0.15, 0.2) is 18.6 Å². The van der Waals surface area contributed by atoms with Crippen LogP contribution in [0.3, 0.4) is 0 Å². The summed E-state index contributed by atoms with van der Waals surface area (Å²) in [5, 5.41) is 12.3. The lowest BCUT2D eigenvalue weighted by atomic mass is 10.2. The molecular formula is C15H23N5. The average Bonchev–Trinajstić information content (AvgIpc) is 3.12. The zero-order chi connectivity index (χ0) is 13.9. The van der Waals surface area contributed by atoms with E-state index in [2.05, 4.69) is 33.3 Å². The first kappa shape index (κ1) is 13.4. The minimum Gasteiger partial charge on any atom is -0.308 e. The second kappa shape index (κ2) is 5.79. The highest BCUT2D eigenvalue weighted by Crippen LogP contribution is 2.29. The molecule has 3 rings (SSSR count). The number of hydrogen-bond donors (Lipinski definition) is 1. The van der Waals surface area contributed by atoms with Crippen molar-refractivity contribution in [3.8, 4) is 0 Å². The number of hydrogen-bond acceptors (Lipinski definition) is 3. The van der Waals surface area contributed by atoms with E-state index in [1.807, 2.05) is 24.1 Å². The second-order valence-electron chi connectivity index (χ2n) is 5.78. The Labute approximate surface area is 120 Å². The molecule has 2 heterocycles. The van der Waals surface area contributed by atoms with Crippen molar-refractivity contribution in [3.05, 3.63) is 35.4 Å². The molecule has 5 heteroatoms. The van der Waals surface area contributed by atoms with E-state index < -0.39 is 0 Å². The fraction of sp³-hybridized carbons (Fsp3) is 0.600. The van der Waals surface area contributed by atoms with Crippen molar-refractivity contribution >= 4 is 0 Å².